The van der Waals surface area contributed by atoms with Gasteiger partial charge in [-0.3, -0.25) is 10.1 Å². The number of aromatic nitrogens is 1. The second-order valence-electron chi connectivity index (χ2n) is 10.2. The van der Waals surface area contributed by atoms with E-state index in [0.717, 1.165) is 17.0 Å². The van der Waals surface area contributed by atoms with Gasteiger partial charge in [0.1, 0.15) is 0 Å². The van der Waals surface area contributed by atoms with Crippen LogP contribution in [0, 0.1) is 18.8 Å². The maximum atomic E-state index is 12.6. The molecule has 2 atom stereocenters. The van der Waals surface area contributed by atoms with Crippen LogP contribution in [0.2, 0.25) is 0 Å². The summed E-state index contributed by atoms with van der Waals surface area (Å²) < 4.78 is 0. The van der Waals surface area contributed by atoms with E-state index in [1.807, 2.05) is 30.3 Å². The predicted octanol–water partition coefficient (Wildman–Crippen LogP) is 6.49. The smallest absolute Gasteiger partial charge is 0.257 e. The van der Waals surface area contributed by atoms with Crippen molar-refractivity contribution in [1.82, 2.24) is 4.98 Å². The lowest BCUT2D eigenvalue weighted by Gasteiger charge is -2.62. The molecule has 4 bridgehead atoms. The van der Waals surface area contributed by atoms with Crippen LogP contribution in [-0.4, -0.2) is 10.9 Å². The molecule has 1 amide bonds. The number of amides is 1. The largest absolute Gasteiger partial charge is 0.298 e. The summed E-state index contributed by atoms with van der Waals surface area (Å²) in [6, 6.07) is 18.7. The first kappa shape index (κ1) is 19.2. The number of carbonyl (C=O) groups is 1. The molecule has 0 aliphatic heterocycles. The van der Waals surface area contributed by atoms with E-state index in [9.17, 15) is 4.79 Å². The number of hydrogen-bond acceptors (Lipinski definition) is 3. The average molecular weight is 429 g/mol. The molecule has 1 heterocycles. The van der Waals surface area contributed by atoms with Crippen molar-refractivity contribution < 1.29 is 4.79 Å². The Morgan fingerprint density at radius 3 is 2.35 bits per heavy atom. The molecule has 31 heavy (non-hydrogen) atoms. The summed E-state index contributed by atoms with van der Waals surface area (Å²) in [5, 5.41) is 5.97. The molecular weight excluding hydrogens is 400 g/mol. The fourth-order valence-electron chi connectivity index (χ4n) is 7.14. The Bertz CT molecular complexity index is 1100. The highest BCUT2D eigenvalue weighted by atomic mass is 32.1. The average Bonchev–Trinajstić information content (AvgIpc) is 3.23. The fraction of sp³-hybridized carbons (Fsp3) is 0.407. The topological polar surface area (TPSA) is 42.0 Å². The molecule has 2 aromatic carbocycles. The van der Waals surface area contributed by atoms with Crippen LogP contribution in [-0.2, 0) is 10.8 Å². The molecular formula is C27H28N2OS. The quantitative estimate of drug-likeness (QED) is 0.516. The zero-order valence-corrected chi connectivity index (χ0v) is 18.8. The highest BCUT2D eigenvalue weighted by Crippen LogP contribution is 2.66. The number of carbonyl (C=O) groups excluding carboxylic acids is 1. The van der Waals surface area contributed by atoms with Crippen LogP contribution in [0.4, 0.5) is 5.13 Å². The third-order valence-electron chi connectivity index (χ3n) is 8.03. The predicted molar refractivity (Wildman–Crippen MR) is 126 cm³/mol. The van der Waals surface area contributed by atoms with Crippen LogP contribution < -0.4 is 5.32 Å². The van der Waals surface area contributed by atoms with Crippen molar-refractivity contribution in [3.63, 3.8) is 0 Å². The first-order chi connectivity index (χ1) is 15.0. The Labute approximate surface area is 187 Å². The van der Waals surface area contributed by atoms with Gasteiger partial charge in [0.25, 0.3) is 5.91 Å². The summed E-state index contributed by atoms with van der Waals surface area (Å²) in [7, 11) is 0. The van der Waals surface area contributed by atoms with Gasteiger partial charge in [0, 0.05) is 16.4 Å². The van der Waals surface area contributed by atoms with Crippen molar-refractivity contribution in [2.75, 3.05) is 5.32 Å². The van der Waals surface area contributed by atoms with Crippen LogP contribution in [0.15, 0.2) is 60.0 Å². The van der Waals surface area contributed by atoms with E-state index in [-0.39, 0.29) is 11.3 Å². The molecule has 4 saturated carbocycles. The summed E-state index contributed by atoms with van der Waals surface area (Å²) in [6.07, 6.45) is 7.76. The van der Waals surface area contributed by atoms with E-state index in [1.165, 1.54) is 55.3 Å². The monoisotopic (exact) mass is 428 g/mol. The number of aryl methyl sites for hydroxylation is 1. The van der Waals surface area contributed by atoms with Crippen molar-refractivity contribution >= 4 is 22.4 Å². The maximum Gasteiger partial charge on any atom is 0.257 e. The lowest BCUT2D eigenvalue weighted by Crippen LogP contribution is -2.56. The Morgan fingerprint density at radius 1 is 0.968 bits per heavy atom. The van der Waals surface area contributed by atoms with E-state index >= 15 is 0 Å². The number of benzene rings is 2. The van der Waals surface area contributed by atoms with Gasteiger partial charge in [-0.1, -0.05) is 48.0 Å². The number of hydrogen-bond donors (Lipinski definition) is 1. The minimum absolute atomic E-state index is 0.0804. The van der Waals surface area contributed by atoms with Gasteiger partial charge in [-0.05, 0) is 80.4 Å². The second-order valence-corrected chi connectivity index (χ2v) is 11.1. The summed E-state index contributed by atoms with van der Waals surface area (Å²) in [5.41, 5.74) is 5.22. The molecule has 2 unspecified atom stereocenters. The van der Waals surface area contributed by atoms with E-state index < -0.39 is 0 Å². The molecule has 4 aliphatic carbocycles. The number of nitrogens with one attached hydrogen (secondary N) is 1. The molecule has 4 fully saturated rings. The van der Waals surface area contributed by atoms with Gasteiger partial charge in [0.2, 0.25) is 0 Å². The van der Waals surface area contributed by atoms with Crippen LogP contribution >= 0.6 is 11.3 Å². The molecule has 7 rings (SSSR count). The fourth-order valence-corrected chi connectivity index (χ4v) is 7.97. The van der Waals surface area contributed by atoms with Gasteiger partial charge in [-0.2, -0.15) is 0 Å². The zero-order chi connectivity index (χ0) is 21.1. The zero-order valence-electron chi connectivity index (χ0n) is 17.9. The summed E-state index contributed by atoms with van der Waals surface area (Å²) in [5.74, 6) is 1.52. The molecule has 1 aromatic heterocycles. The van der Waals surface area contributed by atoms with Gasteiger partial charge in [-0.15, -0.1) is 11.3 Å². The van der Waals surface area contributed by atoms with Crippen LogP contribution in [0.25, 0.3) is 0 Å². The molecule has 3 aromatic rings. The highest BCUT2D eigenvalue weighted by Gasteiger charge is 2.59. The SMILES string of the molecule is Cc1ccc(C23CC4CC(C2)CC(c2csc(NC(=O)c5ccccc5)n2)(C4)C3)cc1. The maximum absolute atomic E-state index is 12.6. The summed E-state index contributed by atoms with van der Waals surface area (Å²) in [6.45, 7) is 2.17. The van der Waals surface area contributed by atoms with E-state index in [2.05, 4.69) is 41.9 Å². The van der Waals surface area contributed by atoms with E-state index in [4.69, 9.17) is 4.98 Å². The van der Waals surface area contributed by atoms with Crippen molar-refractivity contribution in [1.29, 1.82) is 0 Å². The van der Waals surface area contributed by atoms with Crippen molar-refractivity contribution in [3.8, 4) is 0 Å². The van der Waals surface area contributed by atoms with Crippen LogP contribution in [0.3, 0.4) is 0 Å². The van der Waals surface area contributed by atoms with Gasteiger partial charge in [-0.25, -0.2) is 4.98 Å². The van der Waals surface area contributed by atoms with Gasteiger partial charge in [0.15, 0.2) is 5.13 Å². The third kappa shape index (κ3) is 3.23. The van der Waals surface area contributed by atoms with E-state index in [1.54, 1.807) is 11.3 Å². The second kappa shape index (κ2) is 7.03. The lowest BCUT2D eigenvalue weighted by atomic mass is 9.42. The summed E-state index contributed by atoms with van der Waals surface area (Å²) in [4.78, 5) is 17.6. The standard InChI is InChI=1S/C27H28N2OS/c1-18-7-9-22(10-8-18)26-12-19-11-20(13-26)15-27(14-19,17-26)23-16-31-25(28-23)29-24(30)21-5-3-2-4-6-21/h2-10,16,19-20H,11-15,17H2,1H3,(H,28,29,30). The van der Waals surface area contributed by atoms with Gasteiger partial charge >= 0.3 is 0 Å². The van der Waals surface area contributed by atoms with Crippen molar-refractivity contribution in [2.45, 2.75) is 56.3 Å². The van der Waals surface area contributed by atoms with Crippen LogP contribution in [0.1, 0.15) is 65.7 Å². The first-order valence-electron chi connectivity index (χ1n) is 11.4. The first-order valence-corrected chi connectivity index (χ1v) is 12.3. The molecule has 0 spiro atoms. The van der Waals surface area contributed by atoms with Crippen molar-refractivity contribution in [2.24, 2.45) is 11.8 Å². The summed E-state index contributed by atoms with van der Waals surface area (Å²) >= 11 is 1.58. The molecule has 4 aliphatic rings. The normalized spacial score (nSPS) is 31.0. The Balaban J connectivity index is 1.30. The molecule has 0 radical (unpaired) electrons. The Morgan fingerprint density at radius 2 is 1.65 bits per heavy atom. The van der Waals surface area contributed by atoms with E-state index in [0.29, 0.717) is 11.0 Å². The number of rotatable bonds is 4. The molecule has 4 heteroatoms. The molecule has 3 nitrogen and oxygen atoms in total. The van der Waals surface area contributed by atoms with Gasteiger partial charge < -0.3 is 0 Å². The van der Waals surface area contributed by atoms with Crippen LogP contribution in [0.5, 0.6) is 0 Å². The number of anilines is 1. The third-order valence-corrected chi connectivity index (χ3v) is 8.79. The van der Waals surface area contributed by atoms with Gasteiger partial charge in [0.05, 0.1) is 5.69 Å². The van der Waals surface area contributed by atoms with Crippen molar-refractivity contribution in [3.05, 3.63) is 82.4 Å². The minimum atomic E-state index is -0.0804. The minimum Gasteiger partial charge on any atom is -0.298 e. The highest BCUT2D eigenvalue weighted by molar-refractivity contribution is 7.14. The molecule has 0 saturated heterocycles. The Hall–Kier alpha value is -2.46. The number of thiazole rings is 1. The molecule has 1 N–H and O–H groups in total. The lowest BCUT2D eigenvalue weighted by molar-refractivity contribution is -0.0296. The number of nitrogens with zero attached hydrogens (tertiary/aromatic N) is 1. The molecule has 158 valence electrons. The Kier molecular flexibility index (Phi) is 4.36.